The molecule has 1 aliphatic rings. The minimum atomic E-state index is 0.106. The number of hydrogen-bond donors (Lipinski definition) is 0. The molecule has 1 fully saturated rings. The minimum Gasteiger partial charge on any atom is -0.0753 e. The average molecular weight is 206 g/mol. The van der Waals surface area contributed by atoms with Crippen LogP contribution in [0.25, 0.3) is 0 Å². The van der Waals surface area contributed by atoms with Gasteiger partial charge in [0, 0.05) is 0 Å². The molecule has 1 unspecified atom stereocenters. The van der Waals surface area contributed by atoms with Crippen LogP contribution in [0, 0.1) is 0 Å². The molecule has 1 saturated carbocycles. The fourth-order valence-electron chi connectivity index (χ4n) is 2.34. The largest absolute Gasteiger partial charge is 0.0753 e. The Balaban J connectivity index is 2.03. The molecular formula is C13H19P. The van der Waals surface area contributed by atoms with Gasteiger partial charge >= 0.3 is 0 Å². The van der Waals surface area contributed by atoms with Crippen LogP contribution in [0.5, 0.6) is 0 Å². The maximum Gasteiger partial charge on any atom is -0.0171 e. The number of rotatable bonds is 2. The van der Waals surface area contributed by atoms with E-state index in [1.807, 2.05) is 0 Å². The van der Waals surface area contributed by atoms with E-state index in [1.54, 1.807) is 5.30 Å². The van der Waals surface area contributed by atoms with Gasteiger partial charge in [0.1, 0.15) is 0 Å². The van der Waals surface area contributed by atoms with Crippen LogP contribution in [0.2, 0.25) is 0 Å². The first kappa shape index (κ1) is 10.2. The van der Waals surface area contributed by atoms with Crippen LogP contribution in [-0.2, 0) is 0 Å². The summed E-state index contributed by atoms with van der Waals surface area (Å²) in [7, 11) is 0.106. The molecule has 2 rings (SSSR count). The summed E-state index contributed by atoms with van der Waals surface area (Å²) in [6.07, 6.45) is 7.33. The summed E-state index contributed by atoms with van der Waals surface area (Å²) in [4.78, 5) is 0. The second kappa shape index (κ2) is 4.94. The quantitative estimate of drug-likeness (QED) is 0.646. The summed E-state index contributed by atoms with van der Waals surface area (Å²) in [5, 5.41) is 1.59. The van der Waals surface area contributed by atoms with Gasteiger partial charge in [-0.15, -0.1) is 0 Å². The lowest BCUT2D eigenvalue weighted by molar-refractivity contribution is 0.512. The summed E-state index contributed by atoms with van der Waals surface area (Å²) >= 11 is 0. The van der Waals surface area contributed by atoms with E-state index in [-0.39, 0.29) is 7.92 Å². The highest BCUT2D eigenvalue weighted by atomic mass is 31.1. The summed E-state index contributed by atoms with van der Waals surface area (Å²) in [6.45, 7) is 2.46. The summed E-state index contributed by atoms with van der Waals surface area (Å²) < 4.78 is 0. The zero-order chi connectivity index (χ0) is 9.80. The zero-order valence-corrected chi connectivity index (χ0v) is 9.84. The van der Waals surface area contributed by atoms with Crippen LogP contribution in [0.1, 0.15) is 32.1 Å². The van der Waals surface area contributed by atoms with E-state index in [0.717, 1.165) is 5.66 Å². The molecule has 14 heavy (non-hydrogen) atoms. The Morgan fingerprint density at radius 2 is 1.64 bits per heavy atom. The van der Waals surface area contributed by atoms with Crippen LogP contribution in [0.15, 0.2) is 30.3 Å². The van der Waals surface area contributed by atoms with Crippen molar-refractivity contribution in [2.24, 2.45) is 0 Å². The summed E-state index contributed by atoms with van der Waals surface area (Å²) in [5.74, 6) is 0. The van der Waals surface area contributed by atoms with Crippen molar-refractivity contribution in [3.8, 4) is 0 Å². The third kappa shape index (κ3) is 2.36. The van der Waals surface area contributed by atoms with Crippen molar-refractivity contribution in [1.82, 2.24) is 0 Å². The van der Waals surface area contributed by atoms with Gasteiger partial charge in [-0.25, -0.2) is 0 Å². The van der Waals surface area contributed by atoms with E-state index in [0.29, 0.717) is 0 Å². The van der Waals surface area contributed by atoms with E-state index in [4.69, 9.17) is 0 Å². The highest BCUT2D eigenvalue weighted by molar-refractivity contribution is 7.65. The SMILES string of the molecule is CP(c1ccccc1)C1CCCCC1. The normalized spacial score (nSPS) is 20.6. The summed E-state index contributed by atoms with van der Waals surface area (Å²) in [5.41, 5.74) is 1.00. The van der Waals surface area contributed by atoms with Crippen LogP contribution in [-0.4, -0.2) is 12.3 Å². The average Bonchev–Trinajstić information content (AvgIpc) is 2.30. The molecule has 1 heteroatoms. The highest BCUT2D eigenvalue weighted by Gasteiger charge is 2.20. The molecule has 76 valence electrons. The lowest BCUT2D eigenvalue weighted by atomic mass is 10.0. The molecule has 0 radical (unpaired) electrons. The van der Waals surface area contributed by atoms with Crippen LogP contribution < -0.4 is 5.30 Å². The third-order valence-corrected chi connectivity index (χ3v) is 6.01. The smallest absolute Gasteiger partial charge is 0.0171 e. The molecule has 1 atom stereocenters. The molecule has 0 aliphatic heterocycles. The molecule has 0 bridgehead atoms. The molecule has 1 aromatic carbocycles. The van der Waals surface area contributed by atoms with Gasteiger partial charge < -0.3 is 0 Å². The number of benzene rings is 1. The Morgan fingerprint density at radius 3 is 2.29 bits per heavy atom. The Labute approximate surface area is 88.5 Å². The first-order chi connectivity index (χ1) is 6.88. The van der Waals surface area contributed by atoms with Gasteiger partial charge in [0.05, 0.1) is 0 Å². The maximum absolute atomic E-state index is 2.46. The van der Waals surface area contributed by atoms with Gasteiger partial charge in [-0.05, 0) is 30.5 Å². The fourth-order valence-corrected chi connectivity index (χ4v) is 4.55. The topological polar surface area (TPSA) is 0 Å². The van der Waals surface area contributed by atoms with Crippen molar-refractivity contribution in [2.45, 2.75) is 37.8 Å². The summed E-state index contributed by atoms with van der Waals surface area (Å²) in [6, 6.07) is 11.1. The zero-order valence-electron chi connectivity index (χ0n) is 8.95. The van der Waals surface area contributed by atoms with E-state index in [2.05, 4.69) is 37.0 Å². The molecule has 0 aromatic heterocycles. The van der Waals surface area contributed by atoms with Crippen molar-refractivity contribution in [3.05, 3.63) is 30.3 Å². The molecule has 1 aromatic rings. The Bertz CT molecular complexity index is 262. The third-order valence-electron chi connectivity index (χ3n) is 3.29. The van der Waals surface area contributed by atoms with E-state index < -0.39 is 0 Å². The minimum absolute atomic E-state index is 0.106. The predicted octanol–water partition coefficient (Wildman–Crippen LogP) is 3.76. The monoisotopic (exact) mass is 206 g/mol. The molecule has 0 heterocycles. The van der Waals surface area contributed by atoms with Gasteiger partial charge in [-0.3, -0.25) is 0 Å². The van der Waals surface area contributed by atoms with Crippen molar-refractivity contribution < 1.29 is 0 Å². The standard InChI is InChI=1S/C13H19P/c1-14(12-8-4-2-5-9-12)13-10-6-3-7-11-13/h2,4-5,8-9,13H,3,6-7,10-11H2,1H3. The van der Waals surface area contributed by atoms with Crippen molar-refractivity contribution in [2.75, 3.05) is 6.66 Å². The Hall–Kier alpha value is -0.350. The molecular weight excluding hydrogens is 187 g/mol. The molecule has 0 spiro atoms. The number of hydrogen-bond acceptors (Lipinski definition) is 0. The van der Waals surface area contributed by atoms with Gasteiger partial charge in [-0.1, -0.05) is 57.5 Å². The van der Waals surface area contributed by atoms with Gasteiger partial charge in [0.15, 0.2) is 0 Å². The van der Waals surface area contributed by atoms with E-state index in [1.165, 1.54) is 32.1 Å². The molecule has 0 nitrogen and oxygen atoms in total. The van der Waals surface area contributed by atoms with E-state index >= 15 is 0 Å². The van der Waals surface area contributed by atoms with Crippen LogP contribution in [0.4, 0.5) is 0 Å². The Kier molecular flexibility index (Phi) is 3.59. The van der Waals surface area contributed by atoms with Gasteiger partial charge in [0.2, 0.25) is 0 Å². The lowest BCUT2D eigenvalue weighted by Crippen LogP contribution is -2.16. The second-order valence-corrected chi connectivity index (χ2v) is 6.71. The van der Waals surface area contributed by atoms with Gasteiger partial charge in [-0.2, -0.15) is 0 Å². The lowest BCUT2D eigenvalue weighted by Gasteiger charge is -2.28. The maximum atomic E-state index is 2.46. The fraction of sp³-hybridized carbons (Fsp3) is 0.538. The second-order valence-electron chi connectivity index (χ2n) is 4.24. The van der Waals surface area contributed by atoms with Crippen molar-refractivity contribution in [3.63, 3.8) is 0 Å². The van der Waals surface area contributed by atoms with E-state index in [9.17, 15) is 0 Å². The van der Waals surface area contributed by atoms with Crippen molar-refractivity contribution in [1.29, 1.82) is 0 Å². The first-order valence-electron chi connectivity index (χ1n) is 5.66. The Morgan fingerprint density at radius 1 is 1.00 bits per heavy atom. The van der Waals surface area contributed by atoms with Crippen LogP contribution in [0.3, 0.4) is 0 Å². The highest BCUT2D eigenvalue weighted by Crippen LogP contribution is 2.43. The molecule has 1 aliphatic carbocycles. The van der Waals surface area contributed by atoms with Crippen LogP contribution >= 0.6 is 7.92 Å². The predicted molar refractivity (Wildman–Crippen MR) is 65.8 cm³/mol. The van der Waals surface area contributed by atoms with Gasteiger partial charge in [0.25, 0.3) is 0 Å². The molecule has 0 N–H and O–H groups in total. The molecule has 0 amide bonds. The first-order valence-corrected chi connectivity index (χ1v) is 7.51. The van der Waals surface area contributed by atoms with Crippen molar-refractivity contribution >= 4 is 13.2 Å². The molecule has 0 saturated heterocycles.